The molecule has 0 spiro atoms. The van der Waals surface area contributed by atoms with Crippen LogP contribution >= 0.6 is 0 Å². The Bertz CT molecular complexity index is 1360. The van der Waals surface area contributed by atoms with Crippen LogP contribution in [-0.4, -0.2) is 40.4 Å². The van der Waals surface area contributed by atoms with E-state index in [2.05, 4.69) is 0 Å². The van der Waals surface area contributed by atoms with Crippen LogP contribution in [0.1, 0.15) is 34.1 Å². The highest BCUT2D eigenvalue weighted by molar-refractivity contribution is 5.90. The first-order valence-electron chi connectivity index (χ1n) is 13.3. The van der Waals surface area contributed by atoms with Gasteiger partial charge in [-0.3, -0.25) is 9.59 Å². The van der Waals surface area contributed by atoms with Crippen LogP contribution in [-0.2, 0) is 32.3 Å². The van der Waals surface area contributed by atoms with Crippen LogP contribution in [0.5, 0.6) is 23.0 Å². The third kappa shape index (κ3) is 7.20. The Labute approximate surface area is 245 Å². The van der Waals surface area contributed by atoms with Crippen molar-refractivity contribution in [3.8, 4) is 23.0 Å². The van der Waals surface area contributed by atoms with Crippen molar-refractivity contribution in [2.45, 2.75) is 25.0 Å². The summed E-state index contributed by atoms with van der Waals surface area (Å²) in [6, 6.07) is 28.8. The Morgan fingerprint density at radius 3 is 1.19 bits per heavy atom. The maximum absolute atomic E-state index is 13.8. The molecule has 0 amide bonds. The zero-order valence-corrected chi connectivity index (χ0v) is 24.1. The van der Waals surface area contributed by atoms with Crippen LogP contribution in [0.2, 0.25) is 0 Å². The molecule has 8 heteroatoms. The summed E-state index contributed by atoms with van der Waals surface area (Å²) in [6.07, 6.45) is 0. The SMILES string of the molecule is COc1ccc(COC(=O)C(c2ccccc2)C(C(=O)OCc2ccc(OC)c(OC)c2)c2ccccc2)cc1OC. The number of hydrogen-bond donors (Lipinski definition) is 0. The van der Waals surface area contributed by atoms with Crippen molar-refractivity contribution in [1.82, 2.24) is 0 Å². The Kier molecular flexibility index (Phi) is 10.4. The summed E-state index contributed by atoms with van der Waals surface area (Å²) >= 11 is 0. The zero-order valence-electron chi connectivity index (χ0n) is 24.1. The summed E-state index contributed by atoms with van der Waals surface area (Å²) < 4.78 is 33.0. The van der Waals surface area contributed by atoms with Crippen molar-refractivity contribution in [3.05, 3.63) is 119 Å². The van der Waals surface area contributed by atoms with Gasteiger partial charge in [-0.15, -0.1) is 0 Å². The van der Waals surface area contributed by atoms with Gasteiger partial charge in [0.05, 0.1) is 40.3 Å². The normalized spacial score (nSPS) is 12.0. The van der Waals surface area contributed by atoms with E-state index in [1.54, 1.807) is 74.9 Å². The second-order valence-electron chi connectivity index (χ2n) is 9.37. The van der Waals surface area contributed by atoms with E-state index in [9.17, 15) is 9.59 Å². The molecule has 0 fully saturated rings. The van der Waals surface area contributed by atoms with Crippen LogP contribution in [0.25, 0.3) is 0 Å². The van der Waals surface area contributed by atoms with Crippen LogP contribution in [0, 0.1) is 0 Å². The molecule has 0 aliphatic rings. The van der Waals surface area contributed by atoms with E-state index in [1.165, 1.54) is 14.2 Å². The molecule has 0 saturated heterocycles. The molecule has 2 atom stereocenters. The van der Waals surface area contributed by atoms with Gasteiger partial charge in [-0.25, -0.2) is 0 Å². The molecule has 2 unspecified atom stereocenters. The molecule has 4 rings (SSSR count). The predicted octanol–water partition coefficient (Wildman–Crippen LogP) is 6.08. The van der Waals surface area contributed by atoms with Gasteiger partial charge >= 0.3 is 11.9 Å². The first kappa shape index (κ1) is 30.0. The molecule has 0 aromatic heterocycles. The minimum Gasteiger partial charge on any atom is -0.493 e. The highest BCUT2D eigenvalue weighted by Gasteiger charge is 2.38. The van der Waals surface area contributed by atoms with E-state index in [-0.39, 0.29) is 13.2 Å². The van der Waals surface area contributed by atoms with Gasteiger partial charge in [-0.1, -0.05) is 72.8 Å². The predicted molar refractivity (Wildman–Crippen MR) is 157 cm³/mol. The smallest absolute Gasteiger partial charge is 0.314 e. The van der Waals surface area contributed by atoms with Gasteiger partial charge in [0.15, 0.2) is 23.0 Å². The van der Waals surface area contributed by atoms with E-state index >= 15 is 0 Å². The molecule has 42 heavy (non-hydrogen) atoms. The van der Waals surface area contributed by atoms with Crippen LogP contribution in [0.4, 0.5) is 0 Å². The quantitative estimate of drug-likeness (QED) is 0.179. The van der Waals surface area contributed by atoms with Gasteiger partial charge in [0.25, 0.3) is 0 Å². The summed E-state index contributed by atoms with van der Waals surface area (Å²) in [5.74, 6) is -0.885. The van der Waals surface area contributed by atoms with Gasteiger partial charge in [0.2, 0.25) is 0 Å². The highest BCUT2D eigenvalue weighted by atomic mass is 16.5. The molecule has 218 valence electrons. The number of ether oxygens (including phenoxy) is 6. The maximum atomic E-state index is 13.8. The average molecular weight is 571 g/mol. The largest absolute Gasteiger partial charge is 0.493 e. The first-order valence-corrected chi connectivity index (χ1v) is 13.3. The summed E-state index contributed by atoms with van der Waals surface area (Å²) in [5.41, 5.74) is 2.68. The fraction of sp³-hybridized carbons (Fsp3) is 0.235. The summed E-state index contributed by atoms with van der Waals surface area (Å²) in [6.45, 7) is -0.0462. The number of benzene rings is 4. The lowest BCUT2D eigenvalue weighted by Crippen LogP contribution is -2.29. The highest BCUT2D eigenvalue weighted by Crippen LogP contribution is 2.37. The number of rotatable bonds is 13. The zero-order chi connectivity index (χ0) is 29.9. The van der Waals surface area contributed by atoms with Gasteiger partial charge in [0, 0.05) is 0 Å². The summed E-state index contributed by atoms with van der Waals surface area (Å²) in [7, 11) is 6.18. The number of carbonyl (C=O) groups is 2. The number of methoxy groups -OCH3 is 4. The third-order valence-electron chi connectivity index (χ3n) is 6.82. The molecule has 0 aliphatic carbocycles. The molecule has 0 heterocycles. The Morgan fingerprint density at radius 1 is 0.500 bits per heavy atom. The van der Waals surface area contributed by atoms with E-state index in [0.717, 1.165) is 0 Å². The van der Waals surface area contributed by atoms with Crippen molar-refractivity contribution in [1.29, 1.82) is 0 Å². The van der Waals surface area contributed by atoms with Crippen molar-refractivity contribution in [2.75, 3.05) is 28.4 Å². The second-order valence-corrected chi connectivity index (χ2v) is 9.37. The fourth-order valence-electron chi connectivity index (χ4n) is 4.68. The molecule has 0 radical (unpaired) electrons. The van der Waals surface area contributed by atoms with Crippen LogP contribution < -0.4 is 18.9 Å². The topological polar surface area (TPSA) is 89.5 Å². The minimum absolute atomic E-state index is 0.0231. The van der Waals surface area contributed by atoms with Crippen molar-refractivity contribution in [2.24, 2.45) is 0 Å². The van der Waals surface area contributed by atoms with Crippen molar-refractivity contribution in [3.63, 3.8) is 0 Å². The minimum atomic E-state index is -0.966. The Hall–Kier alpha value is -4.98. The molecular weight excluding hydrogens is 536 g/mol. The lowest BCUT2D eigenvalue weighted by atomic mass is 9.81. The van der Waals surface area contributed by atoms with Crippen molar-refractivity contribution < 1.29 is 38.0 Å². The van der Waals surface area contributed by atoms with Crippen molar-refractivity contribution >= 4 is 11.9 Å². The van der Waals surface area contributed by atoms with Gasteiger partial charge < -0.3 is 28.4 Å². The molecule has 4 aromatic carbocycles. The van der Waals surface area contributed by atoms with E-state index in [0.29, 0.717) is 45.3 Å². The van der Waals surface area contributed by atoms with Crippen LogP contribution in [0.15, 0.2) is 97.1 Å². The standard InChI is InChI=1S/C34H34O8/c1-37-27-17-15-23(19-29(27)39-3)21-41-33(35)31(25-11-7-5-8-12-25)32(26-13-9-6-10-14-26)34(36)42-22-24-16-18-28(38-2)30(20-24)40-4/h5-20,31-32H,21-22H2,1-4H3. The first-order chi connectivity index (χ1) is 20.5. The maximum Gasteiger partial charge on any atom is 0.314 e. The summed E-state index contributed by atoms with van der Waals surface area (Å²) in [5, 5.41) is 0. The van der Waals surface area contributed by atoms with E-state index in [1.807, 2.05) is 36.4 Å². The fourth-order valence-corrected chi connectivity index (χ4v) is 4.68. The number of carbonyl (C=O) groups excluding carboxylic acids is 2. The molecule has 0 saturated carbocycles. The number of esters is 2. The van der Waals surface area contributed by atoms with E-state index in [4.69, 9.17) is 28.4 Å². The molecule has 0 aliphatic heterocycles. The molecule has 8 nitrogen and oxygen atoms in total. The lowest BCUT2D eigenvalue weighted by Gasteiger charge is -2.25. The Balaban J connectivity index is 1.63. The monoisotopic (exact) mass is 570 g/mol. The summed E-state index contributed by atoms with van der Waals surface area (Å²) in [4.78, 5) is 27.7. The molecule has 4 aromatic rings. The van der Waals surface area contributed by atoms with Gasteiger partial charge in [-0.05, 0) is 46.5 Å². The average Bonchev–Trinajstić information content (AvgIpc) is 3.05. The van der Waals surface area contributed by atoms with Gasteiger partial charge in [0.1, 0.15) is 13.2 Å². The Morgan fingerprint density at radius 2 is 0.857 bits per heavy atom. The number of hydrogen-bond acceptors (Lipinski definition) is 8. The second kappa shape index (κ2) is 14.6. The molecule has 0 bridgehead atoms. The third-order valence-corrected chi connectivity index (χ3v) is 6.82. The van der Waals surface area contributed by atoms with Gasteiger partial charge in [-0.2, -0.15) is 0 Å². The molecule has 0 N–H and O–H groups in total. The lowest BCUT2D eigenvalue weighted by molar-refractivity contribution is -0.155. The van der Waals surface area contributed by atoms with E-state index < -0.39 is 23.8 Å². The molecular formula is C34H34O8. The van der Waals surface area contributed by atoms with Crippen LogP contribution in [0.3, 0.4) is 0 Å².